The van der Waals surface area contributed by atoms with Crippen LogP contribution in [0, 0.1) is 11.3 Å². The molecule has 0 aliphatic carbocycles. The Bertz CT molecular complexity index is 1170. The van der Waals surface area contributed by atoms with E-state index in [9.17, 15) is 29.0 Å². The summed E-state index contributed by atoms with van der Waals surface area (Å²) >= 11 is 0. The maximum absolute atomic E-state index is 13.1. The van der Waals surface area contributed by atoms with Crippen LogP contribution in [-0.4, -0.2) is 69.5 Å². The van der Waals surface area contributed by atoms with Crippen molar-refractivity contribution in [1.82, 2.24) is 10.3 Å². The molecule has 206 valence electrons. The SMILES string of the molecule is N=C(N)c1ccc(CCP(=O)(O)O)c(OC[C@@H](CCC(=O)O)NC(=O)C2CCN(c3ccncc3)CC2)c1. The minimum absolute atomic E-state index is 0.0278. The molecule has 0 bridgehead atoms. The number of benzene rings is 1. The molecule has 1 amide bonds. The van der Waals surface area contributed by atoms with Gasteiger partial charge >= 0.3 is 13.6 Å². The molecular formula is C25H34N5O7P. The van der Waals surface area contributed by atoms with Crippen LogP contribution in [0.1, 0.15) is 36.8 Å². The first kappa shape index (κ1) is 29.1. The Morgan fingerprint density at radius 3 is 2.50 bits per heavy atom. The summed E-state index contributed by atoms with van der Waals surface area (Å²) in [6.45, 7) is 1.36. The van der Waals surface area contributed by atoms with Crippen LogP contribution in [-0.2, 0) is 20.6 Å². The predicted octanol–water partition coefficient (Wildman–Crippen LogP) is 1.73. The monoisotopic (exact) mass is 547 g/mol. The molecule has 2 aromatic rings. The number of nitrogens with two attached hydrogens (primary N) is 1. The van der Waals surface area contributed by atoms with Crippen LogP contribution in [0.25, 0.3) is 0 Å². The summed E-state index contributed by atoms with van der Waals surface area (Å²) in [5, 5.41) is 19.8. The third kappa shape index (κ3) is 9.13. The number of anilines is 1. The molecule has 12 nitrogen and oxygen atoms in total. The van der Waals surface area contributed by atoms with Gasteiger partial charge in [0.25, 0.3) is 0 Å². The minimum atomic E-state index is -4.25. The van der Waals surface area contributed by atoms with E-state index >= 15 is 0 Å². The summed E-state index contributed by atoms with van der Waals surface area (Å²) in [4.78, 5) is 49.0. The number of ether oxygens (including phenoxy) is 1. The quantitative estimate of drug-likeness (QED) is 0.122. The van der Waals surface area contributed by atoms with Gasteiger partial charge in [-0.25, -0.2) is 0 Å². The first-order chi connectivity index (χ1) is 18.0. The molecule has 1 aromatic carbocycles. The lowest BCUT2D eigenvalue weighted by molar-refractivity contribution is -0.137. The lowest BCUT2D eigenvalue weighted by Gasteiger charge is -2.33. The highest BCUT2D eigenvalue weighted by Crippen LogP contribution is 2.36. The van der Waals surface area contributed by atoms with Crippen molar-refractivity contribution in [2.75, 3.05) is 30.8 Å². The van der Waals surface area contributed by atoms with E-state index in [1.54, 1.807) is 24.5 Å². The molecule has 1 atom stereocenters. The summed E-state index contributed by atoms with van der Waals surface area (Å²) in [5.74, 6) is -1.33. The van der Waals surface area contributed by atoms with E-state index in [-0.39, 0.29) is 55.4 Å². The van der Waals surface area contributed by atoms with Gasteiger partial charge in [-0.15, -0.1) is 0 Å². The summed E-state index contributed by atoms with van der Waals surface area (Å²) < 4.78 is 17.3. The van der Waals surface area contributed by atoms with Crippen LogP contribution in [0.4, 0.5) is 5.69 Å². The first-order valence-electron chi connectivity index (χ1n) is 12.3. The van der Waals surface area contributed by atoms with E-state index in [4.69, 9.17) is 15.9 Å². The molecule has 38 heavy (non-hydrogen) atoms. The highest BCUT2D eigenvalue weighted by molar-refractivity contribution is 7.51. The number of rotatable bonds is 13. The Balaban J connectivity index is 1.65. The number of nitrogens with one attached hydrogen (secondary N) is 2. The summed E-state index contributed by atoms with van der Waals surface area (Å²) in [7, 11) is -4.25. The zero-order valence-corrected chi connectivity index (χ0v) is 21.8. The third-order valence-corrected chi connectivity index (χ3v) is 7.24. The number of pyridine rings is 1. The molecule has 1 aromatic heterocycles. The molecule has 0 unspecified atom stereocenters. The average Bonchev–Trinajstić information content (AvgIpc) is 2.89. The van der Waals surface area contributed by atoms with Crippen LogP contribution in [0.2, 0.25) is 0 Å². The fourth-order valence-electron chi connectivity index (χ4n) is 4.29. The van der Waals surface area contributed by atoms with Gasteiger partial charge in [0.05, 0.1) is 12.2 Å². The van der Waals surface area contributed by atoms with Crippen LogP contribution >= 0.6 is 7.60 Å². The van der Waals surface area contributed by atoms with Crippen molar-refractivity contribution in [2.45, 2.75) is 38.1 Å². The van der Waals surface area contributed by atoms with Gasteiger partial charge in [0.15, 0.2) is 0 Å². The van der Waals surface area contributed by atoms with Gasteiger partial charge in [0, 0.05) is 49.1 Å². The number of aromatic nitrogens is 1. The van der Waals surface area contributed by atoms with E-state index in [0.29, 0.717) is 37.1 Å². The molecule has 2 heterocycles. The number of hydrogen-bond acceptors (Lipinski definition) is 7. The van der Waals surface area contributed by atoms with Gasteiger partial charge in [0.2, 0.25) is 5.91 Å². The van der Waals surface area contributed by atoms with Crippen molar-refractivity contribution in [3.05, 3.63) is 53.9 Å². The second-order valence-corrected chi connectivity index (χ2v) is 11.1. The molecule has 0 saturated carbocycles. The minimum Gasteiger partial charge on any atom is -0.491 e. The lowest BCUT2D eigenvalue weighted by atomic mass is 9.95. The highest BCUT2D eigenvalue weighted by atomic mass is 31.2. The van der Waals surface area contributed by atoms with Crippen LogP contribution < -0.4 is 20.7 Å². The molecule has 1 fully saturated rings. The van der Waals surface area contributed by atoms with Gasteiger partial charge in [-0.05, 0) is 49.4 Å². The number of carbonyl (C=O) groups excluding carboxylic acids is 1. The molecule has 13 heteroatoms. The number of nitrogens with zero attached hydrogens (tertiary/aromatic N) is 2. The van der Waals surface area contributed by atoms with Gasteiger partial charge in [-0.2, -0.15) is 0 Å². The standard InChI is InChI=1S/C25H34N5O7P/c26-24(27)19-2-1-17(9-14-38(34,35)36)22(15-19)37-16-20(3-4-23(31)32)29-25(33)18-7-12-30(13-8-18)21-5-10-28-11-6-21/h1-2,5-6,10-11,15,18,20H,3-4,7-9,12-14,16H2,(H3,26,27)(H,29,33)(H,31,32)(H2,34,35,36)/t20-/m1/s1. The Morgan fingerprint density at radius 1 is 1.21 bits per heavy atom. The molecule has 3 rings (SSSR count). The second-order valence-electron chi connectivity index (χ2n) is 9.29. The van der Waals surface area contributed by atoms with Gasteiger partial charge in [-0.1, -0.05) is 12.1 Å². The van der Waals surface area contributed by atoms with Gasteiger partial charge in [0.1, 0.15) is 18.2 Å². The number of amides is 1. The van der Waals surface area contributed by atoms with E-state index in [1.165, 1.54) is 6.07 Å². The second kappa shape index (κ2) is 13.4. The van der Waals surface area contributed by atoms with E-state index in [1.807, 2.05) is 12.1 Å². The van der Waals surface area contributed by atoms with Crippen molar-refractivity contribution in [2.24, 2.45) is 11.7 Å². The predicted molar refractivity (Wildman–Crippen MR) is 142 cm³/mol. The number of aryl methyl sites for hydroxylation is 1. The number of piperidine rings is 1. The van der Waals surface area contributed by atoms with Crippen molar-refractivity contribution in [3.63, 3.8) is 0 Å². The van der Waals surface area contributed by atoms with E-state index in [0.717, 1.165) is 5.69 Å². The van der Waals surface area contributed by atoms with Crippen LogP contribution in [0.15, 0.2) is 42.7 Å². The lowest BCUT2D eigenvalue weighted by Crippen LogP contribution is -2.46. The largest absolute Gasteiger partial charge is 0.491 e. The van der Waals surface area contributed by atoms with Crippen molar-refractivity contribution in [1.29, 1.82) is 5.41 Å². The number of amidine groups is 1. The number of carboxylic acids is 1. The molecule has 1 saturated heterocycles. The zero-order chi connectivity index (χ0) is 27.7. The number of hydrogen-bond donors (Lipinski definition) is 6. The van der Waals surface area contributed by atoms with Gasteiger partial charge in [-0.3, -0.25) is 24.5 Å². The average molecular weight is 548 g/mol. The fourth-order valence-corrected chi connectivity index (χ4v) is 4.82. The Labute approximate surface area is 220 Å². The zero-order valence-electron chi connectivity index (χ0n) is 21.0. The first-order valence-corrected chi connectivity index (χ1v) is 14.1. The molecule has 1 aliphatic rings. The number of nitrogen functional groups attached to an aromatic ring is 1. The normalized spacial score (nSPS) is 15.1. The maximum atomic E-state index is 13.1. The molecule has 7 N–H and O–H groups in total. The summed E-state index contributed by atoms with van der Waals surface area (Å²) in [5.41, 5.74) is 7.50. The topological polar surface area (TPSA) is 199 Å². The third-order valence-electron chi connectivity index (χ3n) is 6.44. The highest BCUT2D eigenvalue weighted by Gasteiger charge is 2.27. The number of carboxylic acid groups (broad SMARTS) is 1. The Hall–Kier alpha value is -3.47. The fraction of sp³-hybridized carbons (Fsp3) is 0.440. The van der Waals surface area contributed by atoms with Crippen LogP contribution in [0.5, 0.6) is 5.75 Å². The maximum Gasteiger partial charge on any atom is 0.325 e. The molecule has 0 radical (unpaired) electrons. The number of carbonyl (C=O) groups is 2. The smallest absolute Gasteiger partial charge is 0.325 e. The molecule has 1 aliphatic heterocycles. The van der Waals surface area contributed by atoms with Crippen molar-refractivity contribution >= 4 is 31.0 Å². The van der Waals surface area contributed by atoms with Crippen molar-refractivity contribution in [3.8, 4) is 5.75 Å². The summed E-state index contributed by atoms with van der Waals surface area (Å²) in [6, 6.07) is 7.90. The summed E-state index contributed by atoms with van der Waals surface area (Å²) in [6.07, 6.45) is 4.35. The molecular weight excluding hydrogens is 513 g/mol. The number of aliphatic carboxylic acids is 1. The van der Waals surface area contributed by atoms with Crippen LogP contribution in [0.3, 0.4) is 0 Å². The van der Waals surface area contributed by atoms with E-state index in [2.05, 4.69) is 15.2 Å². The Morgan fingerprint density at radius 2 is 1.89 bits per heavy atom. The van der Waals surface area contributed by atoms with E-state index < -0.39 is 19.6 Å². The Kier molecular flexibility index (Phi) is 10.2. The van der Waals surface area contributed by atoms with Crippen molar-refractivity contribution < 1.29 is 33.8 Å². The molecule has 0 spiro atoms. The van der Waals surface area contributed by atoms with Gasteiger partial charge < -0.3 is 35.6 Å².